The zero-order chi connectivity index (χ0) is 29.4. The van der Waals surface area contributed by atoms with Crippen molar-refractivity contribution in [2.75, 3.05) is 0 Å². The van der Waals surface area contributed by atoms with Gasteiger partial charge >= 0.3 is 0 Å². The second-order valence-electron chi connectivity index (χ2n) is 8.90. The molecule has 0 bridgehead atoms. The smallest absolute Gasteiger partial charge is 0.165 e. The van der Waals surface area contributed by atoms with Gasteiger partial charge in [-0.25, -0.2) is 15.0 Å². The largest absolute Gasteiger partial charge is 0.208 e. The molecule has 0 unspecified atom stereocenters. The Hall–Kier alpha value is -4.45. The number of fused-ring (bicyclic) bond motifs is 6. The van der Waals surface area contributed by atoms with Crippen LogP contribution in [0.3, 0.4) is 0 Å². The molecule has 0 saturated heterocycles. The molecule has 5 aromatic carbocycles. The van der Waals surface area contributed by atoms with Crippen molar-refractivity contribution in [1.82, 2.24) is 15.0 Å². The number of aromatic nitrogens is 3. The number of hydrogen-bond donors (Lipinski definition) is 0. The minimum absolute atomic E-state index is 0.0338. The molecule has 0 aliphatic carbocycles. The molecule has 0 aliphatic rings. The number of benzene rings is 5. The quantitative estimate of drug-likeness (QED) is 0.230. The number of hydrogen-bond acceptors (Lipinski definition) is 5. The van der Waals surface area contributed by atoms with Crippen LogP contribution >= 0.6 is 22.7 Å². The highest BCUT2D eigenvalue weighted by Crippen LogP contribution is 2.40. The maximum absolute atomic E-state index is 8.63. The summed E-state index contributed by atoms with van der Waals surface area (Å²) >= 11 is 3.33. The first-order chi connectivity index (χ1) is 20.9. The second kappa shape index (κ2) is 8.55. The monoisotopic (exact) mass is 526 g/mol. The average molecular weight is 527 g/mol. The SMILES string of the molecule is [2H]c1c([2H])c([2H])c(-c2nc(-c3ccc4c(c3)sc3ccccc34)nc(-c3cccc4c3sc3ccccc34)n2)c([2H])c1[2H]. The van der Waals surface area contributed by atoms with Crippen LogP contribution in [-0.4, -0.2) is 15.0 Å². The topological polar surface area (TPSA) is 38.7 Å². The zero-order valence-electron chi connectivity index (χ0n) is 24.7. The fraction of sp³-hybridized carbons (Fsp3) is 0. The van der Waals surface area contributed by atoms with E-state index in [4.69, 9.17) is 21.8 Å². The van der Waals surface area contributed by atoms with Crippen molar-refractivity contribution in [2.24, 2.45) is 0 Å². The first-order valence-electron chi connectivity index (χ1n) is 14.5. The van der Waals surface area contributed by atoms with E-state index in [9.17, 15) is 0 Å². The summed E-state index contributed by atoms with van der Waals surface area (Å²) < 4.78 is 46.3. The fourth-order valence-corrected chi connectivity index (χ4v) is 7.24. The zero-order valence-corrected chi connectivity index (χ0v) is 21.4. The second-order valence-corrected chi connectivity index (χ2v) is 11.0. The molecule has 8 rings (SSSR count). The standard InChI is InChI=1S/C33H19N3S2/c1-2-9-20(10-3-1)31-34-32(21-17-18-24-22-11-4-6-15-27(22)37-29(24)19-21)36-33(35-31)26-14-8-13-25-23-12-5-7-16-28(23)38-30(25)26/h1-19H/i1D,2D,3D,9D,10D. The van der Waals surface area contributed by atoms with Gasteiger partial charge in [0.1, 0.15) is 0 Å². The van der Waals surface area contributed by atoms with Crippen molar-refractivity contribution in [3.05, 3.63) is 115 Å². The van der Waals surface area contributed by atoms with Gasteiger partial charge in [0.25, 0.3) is 0 Å². The van der Waals surface area contributed by atoms with E-state index >= 15 is 0 Å². The molecular formula is C33H19N3S2. The Balaban J connectivity index is 1.42. The summed E-state index contributed by atoms with van der Waals surface area (Å²) in [6, 6.07) is 26.5. The predicted molar refractivity (Wildman–Crippen MR) is 162 cm³/mol. The summed E-state index contributed by atoms with van der Waals surface area (Å²) in [5, 5.41) is 4.54. The van der Waals surface area contributed by atoms with E-state index in [1.54, 1.807) is 22.7 Å². The van der Waals surface area contributed by atoms with Gasteiger partial charge in [0.2, 0.25) is 0 Å². The Morgan fingerprint density at radius 1 is 0.500 bits per heavy atom. The van der Waals surface area contributed by atoms with Crippen LogP contribution in [0.25, 0.3) is 74.5 Å². The van der Waals surface area contributed by atoms with Gasteiger partial charge in [0, 0.05) is 57.0 Å². The Morgan fingerprint density at radius 2 is 1.13 bits per heavy atom. The fourth-order valence-electron chi connectivity index (χ4n) is 4.89. The molecule has 0 amide bonds. The maximum atomic E-state index is 8.63. The van der Waals surface area contributed by atoms with Crippen LogP contribution in [0.4, 0.5) is 0 Å². The molecule has 3 nitrogen and oxygen atoms in total. The molecule has 0 spiro atoms. The van der Waals surface area contributed by atoms with Crippen LogP contribution in [0.15, 0.2) is 115 Å². The lowest BCUT2D eigenvalue weighted by molar-refractivity contribution is 1.08. The van der Waals surface area contributed by atoms with Crippen LogP contribution in [-0.2, 0) is 0 Å². The lowest BCUT2D eigenvalue weighted by atomic mass is 10.1. The van der Waals surface area contributed by atoms with Crippen molar-refractivity contribution < 1.29 is 6.85 Å². The lowest BCUT2D eigenvalue weighted by Gasteiger charge is -2.09. The predicted octanol–water partition coefficient (Wildman–Crippen LogP) is 9.61. The van der Waals surface area contributed by atoms with Crippen LogP contribution in [0.5, 0.6) is 0 Å². The van der Waals surface area contributed by atoms with E-state index in [2.05, 4.69) is 36.4 Å². The van der Waals surface area contributed by atoms with Crippen molar-refractivity contribution in [1.29, 1.82) is 0 Å². The lowest BCUT2D eigenvalue weighted by Crippen LogP contribution is -2.00. The molecule has 0 aliphatic heterocycles. The number of nitrogens with zero attached hydrogens (tertiary/aromatic N) is 3. The van der Waals surface area contributed by atoms with Crippen molar-refractivity contribution in [3.8, 4) is 34.2 Å². The Kier molecular flexibility index (Phi) is 3.86. The summed E-state index contributed by atoms with van der Waals surface area (Å²) in [5.74, 6) is 0.774. The summed E-state index contributed by atoms with van der Waals surface area (Å²) in [6.45, 7) is 0. The third-order valence-corrected chi connectivity index (χ3v) is 8.99. The Bertz CT molecular complexity index is 2400. The van der Waals surface area contributed by atoms with Crippen LogP contribution in [0.1, 0.15) is 6.85 Å². The third kappa shape index (κ3) is 3.44. The highest BCUT2D eigenvalue weighted by molar-refractivity contribution is 7.26. The van der Waals surface area contributed by atoms with Gasteiger partial charge in [0.15, 0.2) is 17.5 Å². The highest BCUT2D eigenvalue weighted by atomic mass is 32.1. The van der Waals surface area contributed by atoms with Crippen molar-refractivity contribution in [3.63, 3.8) is 0 Å². The molecule has 0 N–H and O–H groups in total. The van der Waals surface area contributed by atoms with Gasteiger partial charge in [-0.3, -0.25) is 0 Å². The number of rotatable bonds is 3. The van der Waals surface area contributed by atoms with E-state index in [1.807, 2.05) is 48.5 Å². The van der Waals surface area contributed by atoms with Gasteiger partial charge in [0.05, 0.1) is 6.85 Å². The van der Waals surface area contributed by atoms with E-state index in [1.165, 1.54) is 10.1 Å². The maximum Gasteiger partial charge on any atom is 0.165 e. The first kappa shape index (κ1) is 17.1. The van der Waals surface area contributed by atoms with E-state index < -0.39 is 18.1 Å². The molecule has 178 valence electrons. The van der Waals surface area contributed by atoms with Crippen LogP contribution in [0.2, 0.25) is 0 Å². The molecule has 0 atom stereocenters. The number of thiophene rings is 2. The van der Waals surface area contributed by atoms with Gasteiger partial charge in [-0.2, -0.15) is 0 Å². The summed E-state index contributed by atoms with van der Waals surface area (Å²) in [5.41, 5.74) is 1.49. The molecule has 0 radical (unpaired) electrons. The van der Waals surface area contributed by atoms with Gasteiger partial charge < -0.3 is 0 Å². The molecule has 3 heterocycles. The van der Waals surface area contributed by atoms with Gasteiger partial charge in [-0.05, 0) is 24.3 Å². The van der Waals surface area contributed by atoms with Crippen LogP contribution in [0, 0.1) is 0 Å². The molecule has 5 heteroatoms. The molecule has 3 aromatic heterocycles. The van der Waals surface area contributed by atoms with Gasteiger partial charge in [-0.1, -0.05) is 90.9 Å². The van der Waals surface area contributed by atoms with E-state index in [-0.39, 0.29) is 23.5 Å². The summed E-state index contributed by atoms with van der Waals surface area (Å²) in [7, 11) is 0. The molecule has 38 heavy (non-hydrogen) atoms. The Labute approximate surface area is 233 Å². The molecular weight excluding hydrogens is 503 g/mol. The summed E-state index contributed by atoms with van der Waals surface area (Å²) in [6.07, 6.45) is 0. The molecule has 0 saturated carbocycles. The third-order valence-electron chi connectivity index (χ3n) is 6.64. The highest BCUT2D eigenvalue weighted by Gasteiger charge is 2.17. The average Bonchev–Trinajstić information content (AvgIpc) is 3.61. The minimum Gasteiger partial charge on any atom is -0.208 e. The summed E-state index contributed by atoms with van der Waals surface area (Å²) in [4.78, 5) is 14.4. The van der Waals surface area contributed by atoms with Crippen LogP contribution < -0.4 is 0 Å². The van der Waals surface area contributed by atoms with E-state index in [0.717, 1.165) is 41.4 Å². The first-order valence-corrected chi connectivity index (χ1v) is 13.7. The van der Waals surface area contributed by atoms with Crippen molar-refractivity contribution >= 4 is 63.0 Å². The minimum atomic E-state index is -0.460. The van der Waals surface area contributed by atoms with E-state index in [0.29, 0.717) is 11.6 Å². The normalized spacial score (nSPS) is 13.5. The molecule has 8 aromatic rings. The van der Waals surface area contributed by atoms with Gasteiger partial charge in [-0.15, -0.1) is 22.7 Å². The van der Waals surface area contributed by atoms with Crippen molar-refractivity contribution in [2.45, 2.75) is 0 Å². The Morgan fingerprint density at radius 3 is 1.95 bits per heavy atom. The molecule has 0 fully saturated rings.